The van der Waals surface area contributed by atoms with Crippen LogP contribution in [0.3, 0.4) is 0 Å². The number of hydrogen-bond acceptors (Lipinski definition) is 4. The van der Waals surface area contributed by atoms with Gasteiger partial charge in [-0.15, -0.1) is 6.58 Å². The van der Waals surface area contributed by atoms with Gasteiger partial charge in [-0.2, -0.15) is 0 Å². The van der Waals surface area contributed by atoms with E-state index in [0.29, 0.717) is 45.2 Å². The van der Waals surface area contributed by atoms with E-state index in [1.54, 1.807) is 6.07 Å². The van der Waals surface area contributed by atoms with Crippen LogP contribution in [0.25, 0.3) is 0 Å². The lowest BCUT2D eigenvalue weighted by Crippen LogP contribution is -2.44. The van der Waals surface area contributed by atoms with Crippen LogP contribution < -0.4 is 0 Å². The van der Waals surface area contributed by atoms with Gasteiger partial charge in [0.25, 0.3) is 0 Å². The highest BCUT2D eigenvalue weighted by Crippen LogP contribution is 2.25. The van der Waals surface area contributed by atoms with Crippen molar-refractivity contribution in [2.45, 2.75) is 38.3 Å². The highest BCUT2D eigenvalue weighted by Gasteiger charge is 2.33. The SMILES string of the molecule is C=CCC[C@H]1CO[C@H]([C@H]2CO[C@H](CCc3ccc(F)c(F)c3)OC2)OC1. The summed E-state index contributed by atoms with van der Waals surface area (Å²) in [6.45, 7) is 6.12. The summed E-state index contributed by atoms with van der Waals surface area (Å²) in [6, 6.07) is 3.94. The zero-order valence-electron chi connectivity index (χ0n) is 14.9. The average molecular weight is 368 g/mol. The molecule has 26 heavy (non-hydrogen) atoms. The fourth-order valence-corrected chi connectivity index (χ4v) is 3.21. The second-order valence-electron chi connectivity index (χ2n) is 6.91. The lowest BCUT2D eigenvalue weighted by Gasteiger charge is -2.37. The van der Waals surface area contributed by atoms with Crippen LogP contribution in [0.5, 0.6) is 0 Å². The van der Waals surface area contributed by atoms with Crippen LogP contribution in [0.2, 0.25) is 0 Å². The molecule has 6 heteroatoms. The molecule has 2 fully saturated rings. The average Bonchev–Trinajstić information content (AvgIpc) is 2.68. The minimum absolute atomic E-state index is 0.0508. The molecule has 2 aliphatic heterocycles. The molecule has 0 atom stereocenters. The van der Waals surface area contributed by atoms with Gasteiger partial charge in [0.2, 0.25) is 0 Å². The van der Waals surface area contributed by atoms with E-state index >= 15 is 0 Å². The molecule has 0 unspecified atom stereocenters. The first-order valence-corrected chi connectivity index (χ1v) is 9.17. The number of allylic oxidation sites excluding steroid dienone is 1. The van der Waals surface area contributed by atoms with Gasteiger partial charge in [-0.05, 0) is 37.0 Å². The smallest absolute Gasteiger partial charge is 0.164 e. The highest BCUT2D eigenvalue weighted by atomic mass is 19.2. The molecule has 0 radical (unpaired) electrons. The number of benzene rings is 1. The third-order valence-electron chi connectivity index (χ3n) is 4.80. The van der Waals surface area contributed by atoms with Gasteiger partial charge in [0.15, 0.2) is 24.2 Å². The molecule has 0 saturated carbocycles. The Bertz CT molecular complexity index is 579. The molecule has 2 aliphatic rings. The molecule has 0 amide bonds. The zero-order chi connectivity index (χ0) is 18.4. The Morgan fingerprint density at radius 3 is 2.35 bits per heavy atom. The molecule has 0 bridgehead atoms. The van der Waals surface area contributed by atoms with E-state index in [1.807, 2.05) is 6.08 Å². The van der Waals surface area contributed by atoms with Crippen LogP contribution in [-0.4, -0.2) is 39.0 Å². The fourth-order valence-electron chi connectivity index (χ4n) is 3.21. The molecule has 3 rings (SSSR count). The van der Waals surface area contributed by atoms with Crippen molar-refractivity contribution in [1.82, 2.24) is 0 Å². The van der Waals surface area contributed by atoms with Gasteiger partial charge in [0.1, 0.15) is 0 Å². The molecular weight excluding hydrogens is 342 g/mol. The Hall–Kier alpha value is -1.34. The second-order valence-corrected chi connectivity index (χ2v) is 6.91. The van der Waals surface area contributed by atoms with Crippen molar-refractivity contribution in [1.29, 1.82) is 0 Å². The Morgan fingerprint density at radius 1 is 0.962 bits per heavy atom. The maximum absolute atomic E-state index is 13.2. The summed E-state index contributed by atoms with van der Waals surface area (Å²) < 4.78 is 49.3. The lowest BCUT2D eigenvalue weighted by atomic mass is 10.0. The molecule has 0 spiro atoms. The molecule has 1 aromatic rings. The van der Waals surface area contributed by atoms with Crippen molar-refractivity contribution in [3.63, 3.8) is 0 Å². The summed E-state index contributed by atoms with van der Waals surface area (Å²) >= 11 is 0. The summed E-state index contributed by atoms with van der Waals surface area (Å²) in [5, 5.41) is 0. The van der Waals surface area contributed by atoms with E-state index < -0.39 is 11.6 Å². The fraction of sp³-hybridized carbons (Fsp3) is 0.600. The first-order chi connectivity index (χ1) is 12.7. The number of ether oxygens (including phenoxy) is 4. The minimum atomic E-state index is -0.832. The molecule has 4 nitrogen and oxygen atoms in total. The first-order valence-electron chi connectivity index (χ1n) is 9.17. The Balaban J connectivity index is 1.36. The Kier molecular flexibility index (Phi) is 7.14. The third kappa shape index (κ3) is 5.33. The monoisotopic (exact) mass is 368 g/mol. The van der Waals surface area contributed by atoms with Gasteiger partial charge < -0.3 is 18.9 Å². The molecule has 0 N–H and O–H groups in total. The molecule has 1 aromatic carbocycles. The van der Waals surface area contributed by atoms with E-state index in [-0.39, 0.29) is 18.5 Å². The Labute approximate surface area is 153 Å². The quantitative estimate of drug-likeness (QED) is 0.685. The lowest BCUT2D eigenvalue weighted by molar-refractivity contribution is -0.281. The predicted octanol–water partition coefficient (Wildman–Crippen LogP) is 3.84. The van der Waals surface area contributed by atoms with Crippen LogP contribution in [0.15, 0.2) is 30.9 Å². The van der Waals surface area contributed by atoms with Crippen molar-refractivity contribution < 1.29 is 27.7 Å². The van der Waals surface area contributed by atoms with Gasteiger partial charge in [0.05, 0.1) is 32.3 Å². The van der Waals surface area contributed by atoms with E-state index in [4.69, 9.17) is 18.9 Å². The maximum Gasteiger partial charge on any atom is 0.164 e. The number of rotatable bonds is 7. The topological polar surface area (TPSA) is 36.9 Å². The zero-order valence-corrected chi connectivity index (χ0v) is 14.9. The van der Waals surface area contributed by atoms with Crippen molar-refractivity contribution in [3.8, 4) is 0 Å². The number of aryl methyl sites for hydroxylation is 1. The minimum Gasteiger partial charge on any atom is -0.352 e. The Morgan fingerprint density at radius 2 is 1.69 bits per heavy atom. The molecule has 0 aliphatic carbocycles. The largest absolute Gasteiger partial charge is 0.352 e. The van der Waals surface area contributed by atoms with Gasteiger partial charge in [-0.25, -0.2) is 8.78 Å². The van der Waals surface area contributed by atoms with Crippen molar-refractivity contribution in [2.75, 3.05) is 26.4 Å². The standard InChI is InChI=1S/C20H26F2O4/c1-2-3-4-15-10-25-20(26-11-15)16-12-23-19(24-13-16)8-6-14-5-7-17(21)18(22)9-14/h2,5,7,9,15-16,19-20H,1,3-4,6,8,10-13H2/t15-,16-,19-,20-. The highest BCUT2D eigenvalue weighted by molar-refractivity contribution is 5.17. The van der Waals surface area contributed by atoms with E-state index in [1.165, 1.54) is 6.07 Å². The van der Waals surface area contributed by atoms with Crippen molar-refractivity contribution in [2.24, 2.45) is 11.8 Å². The summed E-state index contributed by atoms with van der Waals surface area (Å²) in [4.78, 5) is 0. The van der Waals surface area contributed by atoms with Crippen LogP contribution in [0.4, 0.5) is 8.78 Å². The summed E-state index contributed by atoms with van der Waals surface area (Å²) in [6.07, 6.45) is 4.43. The van der Waals surface area contributed by atoms with Crippen molar-refractivity contribution >= 4 is 0 Å². The molecule has 0 aromatic heterocycles. The van der Waals surface area contributed by atoms with E-state index in [2.05, 4.69) is 6.58 Å². The summed E-state index contributed by atoms with van der Waals surface area (Å²) in [5.74, 6) is -1.19. The van der Waals surface area contributed by atoms with Crippen LogP contribution in [-0.2, 0) is 25.4 Å². The van der Waals surface area contributed by atoms with Gasteiger partial charge >= 0.3 is 0 Å². The summed E-state index contributed by atoms with van der Waals surface area (Å²) in [7, 11) is 0. The van der Waals surface area contributed by atoms with Crippen LogP contribution in [0.1, 0.15) is 24.8 Å². The predicted molar refractivity (Wildman–Crippen MR) is 92.5 cm³/mol. The second kappa shape index (κ2) is 9.55. The van der Waals surface area contributed by atoms with Crippen LogP contribution in [0, 0.1) is 23.5 Å². The molecule has 2 heterocycles. The van der Waals surface area contributed by atoms with Crippen LogP contribution >= 0.6 is 0 Å². The third-order valence-corrected chi connectivity index (χ3v) is 4.80. The van der Waals surface area contributed by atoms with Crippen molar-refractivity contribution in [3.05, 3.63) is 48.1 Å². The molecule has 144 valence electrons. The van der Waals surface area contributed by atoms with Gasteiger partial charge in [-0.1, -0.05) is 12.1 Å². The normalized spacial score (nSPS) is 29.5. The van der Waals surface area contributed by atoms with E-state index in [0.717, 1.165) is 24.5 Å². The molecular formula is C20H26F2O4. The molecule has 2 saturated heterocycles. The first kappa shape index (κ1) is 19.4. The summed E-state index contributed by atoms with van der Waals surface area (Å²) in [5.41, 5.74) is 0.725. The number of halogens is 2. The van der Waals surface area contributed by atoms with Gasteiger partial charge in [-0.3, -0.25) is 0 Å². The maximum atomic E-state index is 13.2. The van der Waals surface area contributed by atoms with Gasteiger partial charge in [0, 0.05) is 12.3 Å². The van der Waals surface area contributed by atoms with E-state index in [9.17, 15) is 8.78 Å². The number of hydrogen-bond donors (Lipinski definition) is 0.